The fourth-order valence-electron chi connectivity index (χ4n) is 2.49. The first-order valence-corrected chi connectivity index (χ1v) is 8.70. The van der Waals surface area contributed by atoms with Crippen LogP contribution in [-0.4, -0.2) is 28.8 Å². The first-order chi connectivity index (χ1) is 11.8. The number of ether oxygens (including phenoxy) is 1. The van der Waals surface area contributed by atoms with Gasteiger partial charge in [0.1, 0.15) is 11.8 Å². The van der Waals surface area contributed by atoms with Gasteiger partial charge in [-0.15, -0.1) is 11.3 Å². The molecule has 1 aromatic carbocycles. The number of carbonyl (C=O) groups excluding carboxylic acids is 1. The lowest BCUT2D eigenvalue weighted by molar-refractivity contribution is 0.0945. The molecule has 5 nitrogen and oxygen atoms in total. The number of hydrogen-bond acceptors (Lipinski definition) is 4. The molecule has 6 heteroatoms. The van der Waals surface area contributed by atoms with Gasteiger partial charge in [0.25, 0.3) is 5.91 Å². The molecule has 124 valence electrons. The van der Waals surface area contributed by atoms with Crippen LogP contribution in [-0.2, 0) is 0 Å². The van der Waals surface area contributed by atoms with Gasteiger partial charge in [0.15, 0.2) is 0 Å². The smallest absolute Gasteiger partial charge is 0.255 e. The van der Waals surface area contributed by atoms with E-state index in [1.807, 2.05) is 53.5 Å². The molecule has 1 N–H and O–H groups in total. The van der Waals surface area contributed by atoms with Crippen LogP contribution in [0.4, 0.5) is 0 Å². The SMILES string of the molecule is CCOc1ccccc1C(=O)NCC(c1cccs1)n1cccn1. The summed E-state index contributed by atoms with van der Waals surface area (Å²) >= 11 is 1.65. The van der Waals surface area contributed by atoms with Crippen LogP contribution in [0.25, 0.3) is 0 Å². The summed E-state index contributed by atoms with van der Waals surface area (Å²) in [6.45, 7) is 2.89. The highest BCUT2D eigenvalue weighted by atomic mass is 32.1. The number of nitrogens with zero attached hydrogens (tertiary/aromatic N) is 2. The molecule has 0 bridgehead atoms. The molecule has 0 saturated carbocycles. The van der Waals surface area contributed by atoms with E-state index in [4.69, 9.17) is 4.74 Å². The van der Waals surface area contributed by atoms with Gasteiger partial charge in [0.2, 0.25) is 0 Å². The maximum absolute atomic E-state index is 12.6. The quantitative estimate of drug-likeness (QED) is 0.717. The maximum Gasteiger partial charge on any atom is 0.255 e. The molecule has 0 fully saturated rings. The molecule has 1 atom stereocenters. The second-order valence-electron chi connectivity index (χ2n) is 5.16. The van der Waals surface area contributed by atoms with Crippen LogP contribution >= 0.6 is 11.3 Å². The number of amides is 1. The molecule has 0 aliphatic carbocycles. The van der Waals surface area contributed by atoms with Crippen LogP contribution in [0.2, 0.25) is 0 Å². The van der Waals surface area contributed by atoms with E-state index in [1.165, 1.54) is 0 Å². The van der Waals surface area contributed by atoms with Crippen LogP contribution in [0.1, 0.15) is 28.2 Å². The molecule has 0 aliphatic heterocycles. The van der Waals surface area contributed by atoms with Crippen molar-refractivity contribution in [1.29, 1.82) is 0 Å². The third-order valence-corrected chi connectivity index (χ3v) is 4.58. The number of nitrogens with one attached hydrogen (secondary N) is 1. The van der Waals surface area contributed by atoms with Crippen molar-refractivity contribution in [2.75, 3.05) is 13.2 Å². The summed E-state index contributed by atoms with van der Waals surface area (Å²) in [5, 5.41) is 9.34. The van der Waals surface area contributed by atoms with Gasteiger partial charge in [-0.3, -0.25) is 9.48 Å². The van der Waals surface area contributed by atoms with E-state index < -0.39 is 0 Å². The fraction of sp³-hybridized carbons (Fsp3) is 0.222. The van der Waals surface area contributed by atoms with E-state index >= 15 is 0 Å². The first kappa shape index (κ1) is 16.3. The molecule has 3 rings (SSSR count). The molecule has 2 heterocycles. The molecule has 2 aromatic heterocycles. The summed E-state index contributed by atoms with van der Waals surface area (Å²) < 4.78 is 7.39. The maximum atomic E-state index is 12.6. The summed E-state index contributed by atoms with van der Waals surface area (Å²) in [5.41, 5.74) is 0.546. The molecule has 0 aliphatic rings. The van der Waals surface area contributed by atoms with E-state index in [-0.39, 0.29) is 11.9 Å². The molecule has 0 radical (unpaired) electrons. The minimum atomic E-state index is -0.146. The lowest BCUT2D eigenvalue weighted by atomic mass is 10.1. The Morgan fingerprint density at radius 2 is 2.17 bits per heavy atom. The van der Waals surface area contributed by atoms with Crippen molar-refractivity contribution in [2.45, 2.75) is 13.0 Å². The predicted molar refractivity (Wildman–Crippen MR) is 94.6 cm³/mol. The normalized spacial score (nSPS) is 11.9. The van der Waals surface area contributed by atoms with Gasteiger partial charge < -0.3 is 10.1 Å². The Kier molecular flexibility index (Phi) is 5.28. The van der Waals surface area contributed by atoms with Gasteiger partial charge in [-0.05, 0) is 36.6 Å². The average molecular weight is 341 g/mol. The zero-order valence-electron chi connectivity index (χ0n) is 13.4. The Hall–Kier alpha value is -2.60. The van der Waals surface area contributed by atoms with E-state index in [0.717, 1.165) is 4.88 Å². The highest BCUT2D eigenvalue weighted by Crippen LogP contribution is 2.23. The average Bonchev–Trinajstić information content (AvgIpc) is 3.30. The summed E-state index contributed by atoms with van der Waals surface area (Å²) in [7, 11) is 0. The third-order valence-electron chi connectivity index (χ3n) is 3.60. The molecule has 0 spiro atoms. The number of rotatable bonds is 7. The van der Waals surface area contributed by atoms with Gasteiger partial charge in [-0.1, -0.05) is 18.2 Å². The van der Waals surface area contributed by atoms with Crippen LogP contribution < -0.4 is 10.1 Å². The van der Waals surface area contributed by atoms with Crippen molar-refractivity contribution in [3.8, 4) is 5.75 Å². The highest BCUT2D eigenvalue weighted by Gasteiger charge is 2.18. The number of para-hydroxylation sites is 1. The number of aromatic nitrogens is 2. The number of benzene rings is 1. The Bertz CT molecular complexity index is 735. The van der Waals surface area contributed by atoms with Crippen LogP contribution in [0.15, 0.2) is 60.2 Å². The van der Waals surface area contributed by atoms with Gasteiger partial charge in [0.05, 0.1) is 12.2 Å². The molecule has 1 unspecified atom stereocenters. The number of thiophene rings is 1. The number of hydrogen-bond donors (Lipinski definition) is 1. The van der Waals surface area contributed by atoms with Gasteiger partial charge in [-0.25, -0.2) is 0 Å². The van der Waals surface area contributed by atoms with E-state index in [9.17, 15) is 4.79 Å². The summed E-state index contributed by atoms with van der Waals surface area (Å²) in [6.07, 6.45) is 3.65. The largest absolute Gasteiger partial charge is 0.493 e. The Morgan fingerprint density at radius 3 is 2.88 bits per heavy atom. The van der Waals surface area contributed by atoms with Crippen molar-refractivity contribution >= 4 is 17.2 Å². The highest BCUT2D eigenvalue weighted by molar-refractivity contribution is 7.10. The third kappa shape index (κ3) is 3.65. The van der Waals surface area contributed by atoms with Crippen LogP contribution in [0, 0.1) is 0 Å². The Labute approximate surface area is 144 Å². The van der Waals surface area contributed by atoms with Crippen LogP contribution in [0.3, 0.4) is 0 Å². The van der Waals surface area contributed by atoms with Crippen molar-refractivity contribution in [3.05, 3.63) is 70.7 Å². The van der Waals surface area contributed by atoms with Crippen LogP contribution in [0.5, 0.6) is 5.75 Å². The molecule has 24 heavy (non-hydrogen) atoms. The van der Waals surface area contributed by atoms with Crippen molar-refractivity contribution in [3.63, 3.8) is 0 Å². The molecular weight excluding hydrogens is 322 g/mol. The second-order valence-corrected chi connectivity index (χ2v) is 6.14. The molecule has 1 amide bonds. The summed E-state index contributed by atoms with van der Waals surface area (Å²) in [6, 6.07) is 13.2. The van der Waals surface area contributed by atoms with E-state index in [1.54, 1.807) is 23.6 Å². The van der Waals surface area contributed by atoms with E-state index in [2.05, 4.69) is 16.5 Å². The van der Waals surface area contributed by atoms with Crippen molar-refractivity contribution < 1.29 is 9.53 Å². The lowest BCUT2D eigenvalue weighted by Crippen LogP contribution is -2.31. The molecule has 0 saturated heterocycles. The Morgan fingerprint density at radius 1 is 1.29 bits per heavy atom. The topological polar surface area (TPSA) is 56.1 Å². The van der Waals surface area contributed by atoms with E-state index in [0.29, 0.717) is 24.5 Å². The van der Waals surface area contributed by atoms with Gasteiger partial charge in [-0.2, -0.15) is 5.10 Å². The summed E-state index contributed by atoms with van der Waals surface area (Å²) in [4.78, 5) is 13.7. The van der Waals surface area contributed by atoms with Crippen molar-refractivity contribution in [1.82, 2.24) is 15.1 Å². The second kappa shape index (κ2) is 7.79. The van der Waals surface area contributed by atoms with Crippen molar-refractivity contribution in [2.24, 2.45) is 0 Å². The minimum Gasteiger partial charge on any atom is -0.493 e. The zero-order valence-corrected chi connectivity index (χ0v) is 14.2. The first-order valence-electron chi connectivity index (χ1n) is 7.82. The minimum absolute atomic E-state index is 0.0248. The lowest BCUT2D eigenvalue weighted by Gasteiger charge is -2.18. The monoisotopic (exact) mass is 341 g/mol. The standard InChI is InChI=1S/C18H19N3O2S/c1-2-23-16-8-4-3-7-14(16)18(22)19-13-15(17-9-5-12-24-17)21-11-6-10-20-21/h3-12,15H,2,13H2,1H3,(H,19,22). The molecular formula is C18H19N3O2S. The fourth-order valence-corrected chi connectivity index (χ4v) is 3.31. The zero-order chi connectivity index (χ0) is 16.8. The molecule has 3 aromatic rings. The number of carbonyl (C=O) groups is 1. The van der Waals surface area contributed by atoms with Gasteiger partial charge in [0, 0.05) is 23.8 Å². The van der Waals surface area contributed by atoms with Gasteiger partial charge >= 0.3 is 0 Å². The predicted octanol–water partition coefficient (Wildman–Crippen LogP) is 3.36. The Balaban J connectivity index is 1.74. The summed E-state index contributed by atoms with van der Waals surface area (Å²) in [5.74, 6) is 0.456.